The van der Waals surface area contributed by atoms with E-state index in [2.05, 4.69) is 10.00 Å². The average Bonchev–Trinajstić information content (AvgIpc) is 2.97. The minimum atomic E-state index is -1.15. The molecule has 1 amide bonds. The molecule has 1 aromatic carbocycles. The van der Waals surface area contributed by atoms with Crippen LogP contribution in [0.4, 0.5) is 0 Å². The summed E-state index contributed by atoms with van der Waals surface area (Å²) in [6.07, 6.45) is 1.32. The predicted molar refractivity (Wildman–Crippen MR) is 92.8 cm³/mol. The molecule has 25 heavy (non-hydrogen) atoms. The molecule has 0 atom stereocenters. The van der Waals surface area contributed by atoms with Gasteiger partial charge in [-0.25, -0.2) is 4.79 Å². The molecular weight excluding hydrogens is 344 g/mol. The lowest BCUT2D eigenvalue weighted by Gasteiger charge is -2.34. The minimum Gasteiger partial charge on any atom is -0.477 e. The number of aromatic nitrogens is 2. The Morgan fingerprint density at radius 2 is 1.96 bits per heavy atom. The van der Waals surface area contributed by atoms with Crippen LogP contribution >= 0.6 is 11.6 Å². The van der Waals surface area contributed by atoms with Crippen LogP contribution in [-0.4, -0.2) is 62.7 Å². The van der Waals surface area contributed by atoms with Gasteiger partial charge in [-0.1, -0.05) is 23.7 Å². The highest BCUT2D eigenvalue weighted by atomic mass is 35.5. The quantitative estimate of drug-likeness (QED) is 0.896. The number of rotatable bonds is 4. The fourth-order valence-electron chi connectivity index (χ4n) is 3.02. The molecule has 1 aliphatic heterocycles. The summed E-state index contributed by atoms with van der Waals surface area (Å²) in [5.74, 6) is -1.43. The van der Waals surface area contributed by atoms with Gasteiger partial charge in [-0.05, 0) is 17.7 Å². The number of carbonyl (C=O) groups is 2. The van der Waals surface area contributed by atoms with E-state index in [1.165, 1.54) is 17.9 Å². The van der Waals surface area contributed by atoms with Crippen molar-refractivity contribution in [2.24, 2.45) is 7.05 Å². The number of aryl methyl sites for hydroxylation is 1. The van der Waals surface area contributed by atoms with Crippen molar-refractivity contribution in [1.82, 2.24) is 19.6 Å². The highest BCUT2D eigenvalue weighted by Crippen LogP contribution is 2.16. The van der Waals surface area contributed by atoms with E-state index < -0.39 is 5.97 Å². The summed E-state index contributed by atoms with van der Waals surface area (Å²) in [5.41, 5.74) is 1.19. The third-order valence-corrected chi connectivity index (χ3v) is 4.56. The monoisotopic (exact) mass is 362 g/mol. The molecule has 1 saturated heterocycles. The first-order valence-corrected chi connectivity index (χ1v) is 8.35. The Bertz CT molecular complexity index is 797. The van der Waals surface area contributed by atoms with Gasteiger partial charge in [0.15, 0.2) is 5.69 Å². The van der Waals surface area contributed by atoms with E-state index >= 15 is 0 Å². The first-order valence-electron chi connectivity index (χ1n) is 7.97. The van der Waals surface area contributed by atoms with Crippen LogP contribution in [-0.2, 0) is 13.6 Å². The number of amides is 1. The van der Waals surface area contributed by atoms with Crippen LogP contribution in [0.25, 0.3) is 0 Å². The lowest BCUT2D eigenvalue weighted by atomic mass is 10.1. The van der Waals surface area contributed by atoms with Gasteiger partial charge in [0.25, 0.3) is 5.91 Å². The van der Waals surface area contributed by atoms with Crippen LogP contribution in [0.2, 0.25) is 5.02 Å². The first-order chi connectivity index (χ1) is 12.0. The van der Waals surface area contributed by atoms with E-state index in [4.69, 9.17) is 11.6 Å². The Hall–Kier alpha value is -2.38. The lowest BCUT2D eigenvalue weighted by molar-refractivity contribution is 0.0606. The molecule has 0 saturated carbocycles. The zero-order chi connectivity index (χ0) is 18.0. The highest BCUT2D eigenvalue weighted by Gasteiger charge is 2.28. The second kappa shape index (κ2) is 7.25. The molecule has 1 aromatic heterocycles. The van der Waals surface area contributed by atoms with Crippen molar-refractivity contribution in [1.29, 1.82) is 0 Å². The second-order valence-electron chi connectivity index (χ2n) is 6.03. The second-order valence-corrected chi connectivity index (χ2v) is 6.47. The zero-order valence-electron chi connectivity index (χ0n) is 13.9. The van der Waals surface area contributed by atoms with Gasteiger partial charge in [-0.2, -0.15) is 5.10 Å². The fourth-order valence-corrected chi connectivity index (χ4v) is 3.23. The van der Waals surface area contributed by atoms with Crippen LogP contribution in [0.3, 0.4) is 0 Å². The van der Waals surface area contributed by atoms with Crippen molar-refractivity contribution in [2.75, 3.05) is 26.2 Å². The molecule has 0 aliphatic carbocycles. The number of halogens is 1. The topological polar surface area (TPSA) is 78.7 Å². The van der Waals surface area contributed by atoms with Crippen LogP contribution in [0.5, 0.6) is 0 Å². The zero-order valence-corrected chi connectivity index (χ0v) is 14.6. The predicted octanol–water partition coefficient (Wildman–Crippen LogP) is 1.73. The number of benzene rings is 1. The largest absolute Gasteiger partial charge is 0.477 e. The molecule has 0 spiro atoms. The maximum Gasteiger partial charge on any atom is 0.354 e. The first kappa shape index (κ1) is 17.4. The summed E-state index contributed by atoms with van der Waals surface area (Å²) in [7, 11) is 1.52. The van der Waals surface area contributed by atoms with Crippen molar-refractivity contribution in [3.8, 4) is 0 Å². The molecule has 2 aromatic rings. The molecule has 2 heterocycles. The van der Waals surface area contributed by atoms with Crippen molar-refractivity contribution in [3.05, 3.63) is 52.3 Å². The molecule has 132 valence electrons. The molecule has 1 aliphatic rings. The molecular formula is C17H19ClN4O3. The Balaban J connectivity index is 1.62. The number of piperazine rings is 1. The summed E-state index contributed by atoms with van der Waals surface area (Å²) in [6.45, 7) is 3.32. The maximum atomic E-state index is 12.6. The molecule has 1 N–H and O–H groups in total. The van der Waals surface area contributed by atoms with Gasteiger partial charge >= 0.3 is 5.97 Å². The standard InChI is InChI=1S/C17H19ClN4O3/c1-20-15(17(24)25)14(10-19-20)16(23)22-7-5-21(6-8-22)11-12-3-2-4-13(18)9-12/h2-4,9-10H,5-8,11H2,1H3,(H,24,25). The molecule has 7 nitrogen and oxygen atoms in total. The number of nitrogens with zero attached hydrogens (tertiary/aromatic N) is 4. The molecule has 0 unspecified atom stereocenters. The van der Waals surface area contributed by atoms with Gasteiger partial charge in [0, 0.05) is 44.8 Å². The fraction of sp³-hybridized carbons (Fsp3) is 0.353. The van der Waals surface area contributed by atoms with Crippen molar-refractivity contribution < 1.29 is 14.7 Å². The van der Waals surface area contributed by atoms with E-state index in [0.29, 0.717) is 18.1 Å². The maximum absolute atomic E-state index is 12.6. The summed E-state index contributed by atoms with van der Waals surface area (Å²) >= 11 is 6.01. The lowest BCUT2D eigenvalue weighted by Crippen LogP contribution is -2.48. The normalized spacial score (nSPS) is 15.4. The summed E-state index contributed by atoms with van der Waals surface area (Å²) < 4.78 is 1.21. The number of hydrogen-bond donors (Lipinski definition) is 1. The smallest absolute Gasteiger partial charge is 0.354 e. The van der Waals surface area contributed by atoms with E-state index in [1.54, 1.807) is 4.90 Å². The van der Waals surface area contributed by atoms with Crippen LogP contribution < -0.4 is 0 Å². The Kier molecular flexibility index (Phi) is 5.06. The van der Waals surface area contributed by atoms with Crippen molar-refractivity contribution in [2.45, 2.75) is 6.54 Å². The number of carboxylic acids is 1. The summed E-state index contributed by atoms with van der Waals surface area (Å²) in [5, 5.41) is 13.9. The van der Waals surface area contributed by atoms with E-state index in [-0.39, 0.29) is 17.2 Å². The van der Waals surface area contributed by atoms with Gasteiger partial charge in [0.2, 0.25) is 0 Å². The molecule has 8 heteroatoms. The molecule has 0 bridgehead atoms. The third-order valence-electron chi connectivity index (χ3n) is 4.33. The average molecular weight is 363 g/mol. The van der Waals surface area contributed by atoms with Crippen LogP contribution in [0.15, 0.2) is 30.5 Å². The SMILES string of the molecule is Cn1ncc(C(=O)N2CCN(Cc3cccc(Cl)c3)CC2)c1C(=O)O. The van der Waals surface area contributed by atoms with Gasteiger partial charge in [-0.15, -0.1) is 0 Å². The highest BCUT2D eigenvalue weighted by molar-refractivity contribution is 6.30. The number of carbonyl (C=O) groups excluding carboxylic acids is 1. The number of carboxylic acid groups (broad SMARTS) is 1. The minimum absolute atomic E-state index is 0.0774. The van der Waals surface area contributed by atoms with Crippen molar-refractivity contribution in [3.63, 3.8) is 0 Å². The summed E-state index contributed by atoms with van der Waals surface area (Å²) in [4.78, 5) is 27.9. The van der Waals surface area contributed by atoms with Gasteiger partial charge < -0.3 is 10.0 Å². The van der Waals surface area contributed by atoms with E-state index in [0.717, 1.165) is 25.2 Å². The van der Waals surface area contributed by atoms with Crippen molar-refractivity contribution >= 4 is 23.5 Å². The summed E-state index contributed by atoms with van der Waals surface area (Å²) in [6, 6.07) is 7.73. The van der Waals surface area contributed by atoms with E-state index in [9.17, 15) is 14.7 Å². The van der Waals surface area contributed by atoms with Crippen LogP contribution in [0, 0.1) is 0 Å². The Labute approximate surface area is 150 Å². The Morgan fingerprint density at radius 1 is 1.24 bits per heavy atom. The molecule has 3 rings (SSSR count). The van der Waals surface area contributed by atoms with Crippen LogP contribution in [0.1, 0.15) is 26.4 Å². The van der Waals surface area contributed by atoms with Gasteiger partial charge in [-0.3, -0.25) is 14.4 Å². The van der Waals surface area contributed by atoms with Gasteiger partial charge in [0.1, 0.15) is 0 Å². The number of hydrogen-bond acceptors (Lipinski definition) is 4. The molecule has 0 radical (unpaired) electrons. The van der Waals surface area contributed by atoms with Gasteiger partial charge in [0.05, 0.1) is 11.8 Å². The van der Waals surface area contributed by atoms with E-state index in [1.807, 2.05) is 24.3 Å². The Morgan fingerprint density at radius 3 is 2.60 bits per heavy atom. The molecule has 1 fully saturated rings. The number of aromatic carboxylic acids is 1. The third kappa shape index (κ3) is 3.83.